The van der Waals surface area contributed by atoms with Crippen molar-refractivity contribution < 1.29 is 33.0 Å². The molecule has 0 saturated carbocycles. The highest BCUT2D eigenvalue weighted by molar-refractivity contribution is 5.96. The number of H-pyrrole nitrogens is 1. The smallest absolute Gasteiger partial charge is 0.478 e. The van der Waals surface area contributed by atoms with Crippen molar-refractivity contribution in [1.29, 1.82) is 0 Å². The van der Waals surface area contributed by atoms with Gasteiger partial charge in [-0.05, 0) is 35.9 Å². The number of aromatic amines is 1. The first-order valence-corrected chi connectivity index (χ1v) is 8.89. The highest BCUT2D eigenvalue weighted by Gasteiger charge is 2.38. The third-order valence-corrected chi connectivity index (χ3v) is 4.34. The molecule has 0 fully saturated rings. The van der Waals surface area contributed by atoms with Gasteiger partial charge in [0.2, 0.25) is 0 Å². The number of carboxylic acid groups (broad SMARTS) is 2. The van der Waals surface area contributed by atoms with Crippen LogP contribution in [0.5, 0.6) is 0 Å². The summed E-state index contributed by atoms with van der Waals surface area (Å²) in [6.07, 6.45) is 0.286. The Morgan fingerprint density at radius 1 is 0.906 bits per heavy atom. The van der Waals surface area contributed by atoms with E-state index in [-0.39, 0.29) is 5.56 Å². The predicted octanol–water partition coefficient (Wildman–Crippen LogP) is 4.21. The van der Waals surface area contributed by atoms with E-state index in [9.17, 15) is 18.0 Å². The second-order valence-electron chi connectivity index (χ2n) is 6.48. The van der Waals surface area contributed by atoms with Gasteiger partial charge in [0.1, 0.15) is 11.5 Å². The molecular formula is C21H15F3N4O4. The number of aromatic nitrogens is 3. The SMILES string of the molecule is Nc1ccc(-c2cnc3[nH]cc(-c4ccc(C(=O)O)cc4)c3c2)cn1.O=C(O)C(F)(F)F. The zero-order valence-electron chi connectivity index (χ0n) is 16.1. The number of alkyl halides is 3. The molecule has 0 radical (unpaired) electrons. The van der Waals surface area contributed by atoms with Gasteiger partial charge in [0.05, 0.1) is 5.56 Å². The van der Waals surface area contributed by atoms with Crippen molar-refractivity contribution in [3.05, 3.63) is 66.6 Å². The normalized spacial score (nSPS) is 11.0. The summed E-state index contributed by atoms with van der Waals surface area (Å²) >= 11 is 0. The fourth-order valence-electron chi connectivity index (χ4n) is 2.77. The number of hydrogen-bond donors (Lipinski definition) is 4. The molecule has 0 amide bonds. The van der Waals surface area contributed by atoms with E-state index >= 15 is 0 Å². The van der Waals surface area contributed by atoms with E-state index in [0.29, 0.717) is 5.82 Å². The number of benzene rings is 1. The number of halogens is 3. The summed E-state index contributed by atoms with van der Waals surface area (Å²) in [6.45, 7) is 0. The van der Waals surface area contributed by atoms with Crippen LogP contribution in [0.15, 0.2) is 61.1 Å². The van der Waals surface area contributed by atoms with Crippen LogP contribution in [0.1, 0.15) is 10.4 Å². The van der Waals surface area contributed by atoms with E-state index < -0.39 is 18.1 Å². The molecule has 0 saturated heterocycles. The number of nitrogens with zero attached hydrogens (tertiary/aromatic N) is 2. The van der Waals surface area contributed by atoms with Crippen molar-refractivity contribution in [3.63, 3.8) is 0 Å². The van der Waals surface area contributed by atoms with Crippen LogP contribution in [-0.4, -0.2) is 43.3 Å². The molecule has 5 N–H and O–H groups in total. The summed E-state index contributed by atoms with van der Waals surface area (Å²) in [6, 6.07) is 12.5. The van der Waals surface area contributed by atoms with Crippen LogP contribution >= 0.6 is 0 Å². The molecule has 3 aromatic heterocycles. The van der Waals surface area contributed by atoms with E-state index in [4.69, 9.17) is 20.7 Å². The number of fused-ring (bicyclic) bond motifs is 1. The topological polar surface area (TPSA) is 142 Å². The molecule has 0 aliphatic heterocycles. The lowest BCUT2D eigenvalue weighted by molar-refractivity contribution is -0.192. The second kappa shape index (κ2) is 8.76. The summed E-state index contributed by atoms with van der Waals surface area (Å²) in [5.74, 6) is -3.23. The maximum atomic E-state index is 11.0. The number of nitrogens with one attached hydrogen (secondary N) is 1. The number of carboxylic acids is 2. The van der Waals surface area contributed by atoms with Crippen molar-refractivity contribution in [1.82, 2.24) is 15.0 Å². The number of rotatable bonds is 3. The second-order valence-corrected chi connectivity index (χ2v) is 6.48. The first kappa shape index (κ1) is 22.3. The van der Waals surface area contributed by atoms with Crippen molar-refractivity contribution in [2.45, 2.75) is 6.18 Å². The van der Waals surface area contributed by atoms with Crippen LogP contribution in [-0.2, 0) is 4.79 Å². The number of aliphatic carboxylic acids is 1. The van der Waals surface area contributed by atoms with Crippen molar-refractivity contribution in [2.24, 2.45) is 0 Å². The number of hydrogen-bond acceptors (Lipinski definition) is 5. The van der Waals surface area contributed by atoms with Gasteiger partial charge in [0.15, 0.2) is 0 Å². The van der Waals surface area contributed by atoms with Crippen LogP contribution in [0.4, 0.5) is 19.0 Å². The first-order valence-electron chi connectivity index (χ1n) is 8.89. The van der Waals surface area contributed by atoms with Crippen molar-refractivity contribution in [3.8, 4) is 22.3 Å². The fraction of sp³-hybridized carbons (Fsp3) is 0.0476. The summed E-state index contributed by atoms with van der Waals surface area (Å²) in [5.41, 5.74) is 10.4. The van der Waals surface area contributed by atoms with Gasteiger partial charge in [0.25, 0.3) is 0 Å². The Labute approximate surface area is 178 Å². The van der Waals surface area contributed by atoms with Gasteiger partial charge in [-0.15, -0.1) is 0 Å². The number of carbonyl (C=O) groups is 2. The Morgan fingerprint density at radius 3 is 2.03 bits per heavy atom. The number of pyridine rings is 2. The highest BCUT2D eigenvalue weighted by atomic mass is 19.4. The van der Waals surface area contributed by atoms with E-state index in [2.05, 4.69) is 15.0 Å². The summed E-state index contributed by atoms with van der Waals surface area (Å²) in [4.78, 5) is 31.6. The number of aromatic carboxylic acids is 1. The van der Waals surface area contributed by atoms with Gasteiger partial charge in [-0.3, -0.25) is 0 Å². The van der Waals surface area contributed by atoms with E-state index in [1.807, 2.05) is 18.3 Å². The first-order chi connectivity index (χ1) is 15.1. The Hall–Kier alpha value is -4.41. The zero-order valence-corrected chi connectivity index (χ0v) is 16.1. The summed E-state index contributed by atoms with van der Waals surface area (Å²) < 4.78 is 31.7. The molecule has 0 aliphatic carbocycles. The van der Waals surface area contributed by atoms with E-state index in [1.165, 1.54) is 0 Å². The quantitative estimate of drug-likeness (QED) is 0.371. The maximum absolute atomic E-state index is 11.0. The zero-order chi connectivity index (χ0) is 23.5. The van der Waals surface area contributed by atoms with Crippen LogP contribution in [0, 0.1) is 0 Å². The predicted molar refractivity (Wildman–Crippen MR) is 110 cm³/mol. The molecule has 0 spiro atoms. The minimum Gasteiger partial charge on any atom is -0.478 e. The molecule has 8 nitrogen and oxygen atoms in total. The molecule has 164 valence electrons. The van der Waals surface area contributed by atoms with E-state index in [1.54, 1.807) is 42.7 Å². The molecule has 4 aromatic rings. The lowest BCUT2D eigenvalue weighted by Gasteiger charge is -2.04. The molecule has 1 aromatic carbocycles. The van der Waals surface area contributed by atoms with E-state index in [0.717, 1.165) is 33.3 Å². The van der Waals surface area contributed by atoms with Gasteiger partial charge < -0.3 is 20.9 Å². The molecule has 32 heavy (non-hydrogen) atoms. The standard InChI is InChI=1S/C19H14N4O2.C2HF3O2/c20-17-6-5-13(8-21-17)14-7-15-16(10-23-18(15)22-9-14)11-1-3-12(4-2-11)19(24)25;3-2(4,5)1(6)7/h1-10H,(H2,20,21)(H,22,23)(H,24,25);(H,6,7). The summed E-state index contributed by atoms with van der Waals surface area (Å²) in [7, 11) is 0. The minimum atomic E-state index is -5.08. The van der Waals surface area contributed by atoms with Crippen molar-refractivity contribution in [2.75, 3.05) is 5.73 Å². The largest absolute Gasteiger partial charge is 0.490 e. The molecule has 0 bridgehead atoms. The average Bonchev–Trinajstić information content (AvgIpc) is 3.17. The Bertz CT molecular complexity index is 1270. The van der Waals surface area contributed by atoms with Gasteiger partial charge in [-0.1, -0.05) is 12.1 Å². The van der Waals surface area contributed by atoms with Crippen LogP contribution < -0.4 is 5.73 Å². The Morgan fingerprint density at radius 2 is 1.50 bits per heavy atom. The van der Waals surface area contributed by atoms with Gasteiger partial charge in [-0.25, -0.2) is 19.6 Å². The van der Waals surface area contributed by atoms with Crippen LogP contribution in [0.3, 0.4) is 0 Å². The Balaban J connectivity index is 0.000000360. The van der Waals surface area contributed by atoms with Gasteiger partial charge >= 0.3 is 18.1 Å². The third-order valence-electron chi connectivity index (χ3n) is 4.34. The monoisotopic (exact) mass is 444 g/mol. The average molecular weight is 444 g/mol. The maximum Gasteiger partial charge on any atom is 0.490 e. The van der Waals surface area contributed by atoms with Crippen LogP contribution in [0.2, 0.25) is 0 Å². The fourth-order valence-corrected chi connectivity index (χ4v) is 2.77. The molecule has 4 rings (SSSR count). The number of nitrogens with two attached hydrogens (primary N) is 1. The lowest BCUT2D eigenvalue weighted by atomic mass is 10.0. The molecule has 0 unspecified atom stereocenters. The van der Waals surface area contributed by atoms with Crippen LogP contribution in [0.25, 0.3) is 33.3 Å². The third kappa shape index (κ3) is 5.01. The molecule has 11 heteroatoms. The highest BCUT2D eigenvalue weighted by Crippen LogP contribution is 2.31. The Kier molecular flexibility index (Phi) is 6.10. The molecular weight excluding hydrogens is 429 g/mol. The van der Waals surface area contributed by atoms with Gasteiger partial charge in [-0.2, -0.15) is 13.2 Å². The lowest BCUT2D eigenvalue weighted by Crippen LogP contribution is -2.21. The number of nitrogen functional groups attached to an aromatic ring is 1. The summed E-state index contributed by atoms with van der Waals surface area (Å²) in [5, 5.41) is 17.1. The molecule has 3 heterocycles. The number of anilines is 1. The molecule has 0 aliphatic rings. The molecule has 0 atom stereocenters. The van der Waals surface area contributed by atoms with Crippen molar-refractivity contribution >= 4 is 28.8 Å². The minimum absolute atomic E-state index is 0.260. The van der Waals surface area contributed by atoms with Gasteiger partial charge in [0, 0.05) is 40.7 Å².